The normalized spacial score (nSPS) is 18.4. The molecular weight excluding hydrogens is 382 g/mol. The maximum absolute atomic E-state index is 13.0. The number of hydrogen-bond acceptors (Lipinski definition) is 4. The highest BCUT2D eigenvalue weighted by atomic mass is 16.2. The molecular formula is C22H25N5O3. The number of H-pyrrole nitrogens is 2. The molecule has 0 unspecified atom stereocenters. The molecule has 1 fully saturated rings. The predicted octanol–water partition coefficient (Wildman–Crippen LogP) is 2.69. The highest BCUT2D eigenvalue weighted by molar-refractivity contribution is 5.98. The molecule has 30 heavy (non-hydrogen) atoms. The van der Waals surface area contributed by atoms with Gasteiger partial charge in [0.05, 0.1) is 17.2 Å². The Bertz CT molecular complexity index is 1210. The maximum Gasteiger partial charge on any atom is 0.323 e. The molecule has 156 valence electrons. The number of nitrogens with zero attached hydrogens (tertiary/aromatic N) is 3. The molecule has 1 aliphatic heterocycles. The number of ketones is 1. The van der Waals surface area contributed by atoms with Gasteiger partial charge in [0.15, 0.2) is 5.78 Å². The average Bonchev–Trinajstić information content (AvgIpc) is 3.30. The van der Waals surface area contributed by atoms with Crippen LogP contribution in [0, 0.1) is 5.41 Å². The summed E-state index contributed by atoms with van der Waals surface area (Å²) in [6.07, 6.45) is 4.83. The minimum Gasteiger partial charge on any atom is -0.339 e. The molecule has 2 N–H and O–H groups in total. The van der Waals surface area contributed by atoms with Gasteiger partial charge in [0.1, 0.15) is 5.69 Å². The lowest BCUT2D eigenvalue weighted by Gasteiger charge is -2.43. The first-order valence-corrected chi connectivity index (χ1v) is 10.5. The summed E-state index contributed by atoms with van der Waals surface area (Å²) in [6.45, 7) is 5.33. The molecule has 1 amide bonds. The number of amides is 1. The summed E-state index contributed by atoms with van der Waals surface area (Å²) in [7, 11) is 0. The zero-order chi connectivity index (χ0) is 21.0. The monoisotopic (exact) mass is 407 g/mol. The Morgan fingerprint density at radius 3 is 2.57 bits per heavy atom. The Morgan fingerprint density at radius 2 is 1.83 bits per heavy atom. The lowest BCUT2D eigenvalue weighted by atomic mass is 9.67. The fourth-order valence-electron chi connectivity index (χ4n) is 5.00. The lowest BCUT2D eigenvalue weighted by Crippen LogP contribution is -2.46. The van der Waals surface area contributed by atoms with E-state index in [9.17, 15) is 14.4 Å². The number of nitrogens with one attached hydrogen (secondary N) is 2. The number of imidazole rings is 1. The zero-order valence-electron chi connectivity index (χ0n) is 17.2. The fourth-order valence-corrected chi connectivity index (χ4v) is 5.00. The first-order chi connectivity index (χ1) is 14.3. The van der Waals surface area contributed by atoms with E-state index in [1.807, 2.05) is 29.6 Å². The van der Waals surface area contributed by atoms with E-state index in [4.69, 9.17) is 0 Å². The van der Waals surface area contributed by atoms with Crippen LogP contribution in [0.1, 0.15) is 65.6 Å². The van der Waals surface area contributed by atoms with Crippen LogP contribution >= 0.6 is 0 Å². The number of aromatic nitrogens is 4. The number of piperidine rings is 1. The molecule has 0 bridgehead atoms. The van der Waals surface area contributed by atoms with E-state index in [0.717, 1.165) is 30.5 Å². The van der Waals surface area contributed by atoms with Crippen LogP contribution in [0.5, 0.6) is 0 Å². The van der Waals surface area contributed by atoms with Gasteiger partial charge in [0.25, 0.3) is 5.91 Å². The van der Waals surface area contributed by atoms with Gasteiger partial charge in [0, 0.05) is 36.7 Å². The highest BCUT2D eigenvalue weighted by Crippen LogP contribution is 2.44. The largest absolute Gasteiger partial charge is 0.339 e. The molecule has 2 aliphatic rings. The van der Waals surface area contributed by atoms with Gasteiger partial charge in [-0.25, -0.2) is 4.79 Å². The molecule has 0 saturated carbocycles. The van der Waals surface area contributed by atoms with Gasteiger partial charge >= 0.3 is 5.69 Å². The van der Waals surface area contributed by atoms with Crippen molar-refractivity contribution >= 4 is 22.7 Å². The second-order valence-electron chi connectivity index (χ2n) is 8.97. The number of carbonyl (C=O) groups is 2. The molecule has 0 atom stereocenters. The van der Waals surface area contributed by atoms with Gasteiger partial charge in [-0.2, -0.15) is 5.10 Å². The minimum atomic E-state index is -0.281. The van der Waals surface area contributed by atoms with Crippen molar-refractivity contribution < 1.29 is 9.59 Å². The highest BCUT2D eigenvalue weighted by Gasteiger charge is 2.43. The molecule has 8 heteroatoms. The number of carbonyl (C=O) groups excluding carboxylic acids is 2. The number of fused-ring (bicyclic) bond motifs is 2. The van der Waals surface area contributed by atoms with Crippen molar-refractivity contribution in [3.63, 3.8) is 0 Å². The Labute approximate surface area is 173 Å². The number of likely N-dealkylation sites (tertiary alicyclic amines) is 1. The molecule has 1 saturated heterocycles. The summed E-state index contributed by atoms with van der Waals surface area (Å²) in [4.78, 5) is 44.6. The Morgan fingerprint density at radius 1 is 1.10 bits per heavy atom. The predicted molar refractivity (Wildman–Crippen MR) is 112 cm³/mol. The zero-order valence-corrected chi connectivity index (χ0v) is 17.2. The summed E-state index contributed by atoms with van der Waals surface area (Å²) in [5, 5.41) is 4.44. The second-order valence-corrected chi connectivity index (χ2v) is 8.97. The van der Waals surface area contributed by atoms with Crippen molar-refractivity contribution in [1.29, 1.82) is 0 Å². The molecule has 5 rings (SSSR count). The number of hydrogen-bond donors (Lipinski definition) is 2. The van der Waals surface area contributed by atoms with Crippen molar-refractivity contribution in [2.45, 2.75) is 45.6 Å². The van der Waals surface area contributed by atoms with Crippen molar-refractivity contribution in [3.05, 3.63) is 51.7 Å². The maximum atomic E-state index is 13.0. The molecule has 3 heterocycles. The molecule has 1 aliphatic carbocycles. The van der Waals surface area contributed by atoms with Crippen molar-refractivity contribution in [2.75, 3.05) is 13.1 Å². The second kappa shape index (κ2) is 6.68. The molecule has 1 spiro atoms. The van der Waals surface area contributed by atoms with Crippen LogP contribution in [0.2, 0.25) is 0 Å². The standard InChI is InChI=1S/C22H25N5O3/c1-13(2)27-19-15(12-23-27)10-22(11-18(19)28)5-7-26(8-6-22)20(29)14-3-4-16-17(9-14)25-21(30)24-16/h3-4,9,12-13H,5-8,10-11H2,1-2H3,(H2,24,25,30). The molecule has 1 aromatic carbocycles. The SMILES string of the molecule is CC(C)n1ncc2c1C(=O)CC1(CCN(C(=O)c3ccc4[nH]c(=O)[nH]c4c3)CC1)C2. The van der Waals surface area contributed by atoms with E-state index >= 15 is 0 Å². The third-order valence-corrected chi connectivity index (χ3v) is 6.60. The van der Waals surface area contributed by atoms with E-state index in [1.54, 1.807) is 18.2 Å². The van der Waals surface area contributed by atoms with E-state index in [-0.39, 0.29) is 28.8 Å². The van der Waals surface area contributed by atoms with Crippen LogP contribution in [0.15, 0.2) is 29.2 Å². The smallest absolute Gasteiger partial charge is 0.323 e. The topological polar surface area (TPSA) is 104 Å². The van der Waals surface area contributed by atoms with Gasteiger partial charge in [-0.05, 0) is 56.7 Å². The van der Waals surface area contributed by atoms with Gasteiger partial charge < -0.3 is 14.9 Å². The summed E-state index contributed by atoms with van der Waals surface area (Å²) < 4.78 is 1.84. The van der Waals surface area contributed by atoms with Crippen LogP contribution in [-0.4, -0.2) is 49.4 Å². The number of Topliss-reactive ketones (excluding diaryl/α,β-unsaturated/α-hetero) is 1. The van der Waals surface area contributed by atoms with Gasteiger partial charge in [-0.1, -0.05) is 0 Å². The van der Waals surface area contributed by atoms with Gasteiger partial charge in [-0.15, -0.1) is 0 Å². The van der Waals surface area contributed by atoms with Crippen molar-refractivity contribution in [2.24, 2.45) is 5.41 Å². The van der Waals surface area contributed by atoms with E-state index in [2.05, 4.69) is 15.1 Å². The number of rotatable bonds is 2. The summed E-state index contributed by atoms with van der Waals surface area (Å²) in [6, 6.07) is 5.38. The number of benzene rings is 1. The van der Waals surface area contributed by atoms with Crippen LogP contribution in [0.4, 0.5) is 0 Å². The summed E-state index contributed by atoms with van der Waals surface area (Å²) >= 11 is 0. The Hall–Kier alpha value is -3.16. The lowest BCUT2D eigenvalue weighted by molar-refractivity contribution is 0.0517. The molecule has 3 aromatic rings. The van der Waals surface area contributed by atoms with Crippen LogP contribution in [0.25, 0.3) is 11.0 Å². The third kappa shape index (κ3) is 2.98. The first kappa shape index (κ1) is 18.8. The fraction of sp³-hybridized carbons (Fsp3) is 0.455. The third-order valence-electron chi connectivity index (χ3n) is 6.60. The van der Waals surface area contributed by atoms with E-state index in [1.165, 1.54) is 0 Å². The summed E-state index contributed by atoms with van der Waals surface area (Å²) in [5.41, 5.74) is 3.33. The van der Waals surface area contributed by atoms with Crippen LogP contribution < -0.4 is 5.69 Å². The average molecular weight is 407 g/mol. The van der Waals surface area contributed by atoms with Crippen molar-refractivity contribution in [3.8, 4) is 0 Å². The van der Waals surface area contributed by atoms with E-state index in [0.29, 0.717) is 36.1 Å². The molecule has 8 nitrogen and oxygen atoms in total. The Kier molecular flexibility index (Phi) is 4.20. The van der Waals surface area contributed by atoms with Crippen LogP contribution in [-0.2, 0) is 6.42 Å². The minimum absolute atomic E-state index is 0.0377. The summed E-state index contributed by atoms with van der Waals surface area (Å²) in [5.74, 6) is 0.133. The van der Waals surface area contributed by atoms with Gasteiger partial charge in [0.2, 0.25) is 0 Å². The van der Waals surface area contributed by atoms with E-state index < -0.39 is 0 Å². The van der Waals surface area contributed by atoms with Crippen molar-refractivity contribution in [1.82, 2.24) is 24.6 Å². The number of aromatic amines is 2. The molecule has 2 aromatic heterocycles. The quantitative estimate of drug-likeness (QED) is 0.681. The Balaban J connectivity index is 1.32. The van der Waals surface area contributed by atoms with Gasteiger partial charge in [-0.3, -0.25) is 14.3 Å². The molecule has 0 radical (unpaired) electrons. The first-order valence-electron chi connectivity index (χ1n) is 10.5. The van der Waals surface area contributed by atoms with Crippen LogP contribution in [0.3, 0.4) is 0 Å².